The molecule has 6 nitrogen and oxygen atoms in total. The van der Waals surface area contributed by atoms with E-state index in [0.29, 0.717) is 5.56 Å². The molecule has 0 radical (unpaired) electrons. The number of primary amides is 1. The summed E-state index contributed by atoms with van der Waals surface area (Å²) in [6.07, 6.45) is 0.792. The van der Waals surface area contributed by atoms with Crippen LogP contribution in [0.2, 0.25) is 5.02 Å². The van der Waals surface area contributed by atoms with Crippen LogP contribution >= 0.6 is 11.6 Å². The zero-order chi connectivity index (χ0) is 18.4. The standard InChI is InChI=1S/C18H19ClN2O4/c1-3-11-6-4-5-7-14(11)21-18(23)12-8-13(19)17(15(9-12)24-2)25-10-16(20)22/h4-9H,3,10H2,1-2H3,(H2,20,22)(H,21,23). The van der Waals surface area contributed by atoms with E-state index in [2.05, 4.69) is 5.32 Å². The molecule has 0 spiro atoms. The van der Waals surface area contributed by atoms with Crippen molar-refractivity contribution in [2.75, 3.05) is 19.0 Å². The number of hydrogen-bond donors (Lipinski definition) is 2. The molecule has 0 saturated heterocycles. The highest BCUT2D eigenvalue weighted by atomic mass is 35.5. The number of nitrogens with two attached hydrogens (primary N) is 1. The van der Waals surface area contributed by atoms with Crippen LogP contribution in [0.25, 0.3) is 0 Å². The molecule has 0 aliphatic heterocycles. The molecular formula is C18H19ClN2O4. The van der Waals surface area contributed by atoms with E-state index in [0.717, 1.165) is 17.7 Å². The van der Waals surface area contributed by atoms with Crippen LogP contribution in [0.5, 0.6) is 11.5 Å². The van der Waals surface area contributed by atoms with Gasteiger partial charge in [0.25, 0.3) is 11.8 Å². The number of amides is 2. The highest BCUT2D eigenvalue weighted by Gasteiger charge is 2.17. The van der Waals surface area contributed by atoms with Crippen LogP contribution in [0.1, 0.15) is 22.8 Å². The van der Waals surface area contributed by atoms with E-state index >= 15 is 0 Å². The average Bonchev–Trinajstić information content (AvgIpc) is 2.60. The zero-order valence-electron chi connectivity index (χ0n) is 14.0. The summed E-state index contributed by atoms with van der Waals surface area (Å²) in [5.74, 6) is -0.574. The SMILES string of the molecule is CCc1ccccc1NC(=O)c1cc(Cl)c(OCC(N)=O)c(OC)c1. The molecule has 0 aliphatic carbocycles. The van der Waals surface area contributed by atoms with Crippen LogP contribution in [-0.2, 0) is 11.2 Å². The fourth-order valence-corrected chi connectivity index (χ4v) is 2.54. The van der Waals surface area contributed by atoms with Crippen LogP contribution in [0, 0.1) is 0 Å². The van der Waals surface area contributed by atoms with Gasteiger partial charge in [-0.3, -0.25) is 9.59 Å². The molecule has 0 unspecified atom stereocenters. The molecule has 0 bridgehead atoms. The molecule has 2 amide bonds. The first kappa shape index (κ1) is 18.6. The van der Waals surface area contributed by atoms with Gasteiger partial charge in [-0.25, -0.2) is 0 Å². The van der Waals surface area contributed by atoms with E-state index in [1.807, 2.05) is 31.2 Å². The van der Waals surface area contributed by atoms with E-state index < -0.39 is 5.91 Å². The van der Waals surface area contributed by atoms with Crippen LogP contribution in [-0.4, -0.2) is 25.5 Å². The minimum Gasteiger partial charge on any atom is -0.493 e. The third-order valence-electron chi connectivity index (χ3n) is 3.50. The number of nitrogens with one attached hydrogen (secondary N) is 1. The number of methoxy groups -OCH3 is 1. The summed E-state index contributed by atoms with van der Waals surface area (Å²) in [7, 11) is 1.41. The van der Waals surface area contributed by atoms with Gasteiger partial charge in [0, 0.05) is 11.3 Å². The quantitative estimate of drug-likeness (QED) is 0.792. The number of para-hydroxylation sites is 1. The minimum atomic E-state index is -0.642. The number of anilines is 1. The Labute approximate surface area is 150 Å². The summed E-state index contributed by atoms with van der Waals surface area (Å²) in [4.78, 5) is 23.4. The Balaban J connectivity index is 2.28. The molecule has 2 rings (SSSR count). The second-order valence-electron chi connectivity index (χ2n) is 5.21. The first-order chi connectivity index (χ1) is 12.0. The van der Waals surface area contributed by atoms with Crippen molar-refractivity contribution in [2.45, 2.75) is 13.3 Å². The fourth-order valence-electron chi connectivity index (χ4n) is 2.28. The molecule has 132 valence electrons. The molecule has 2 aromatic carbocycles. The Morgan fingerprint density at radius 3 is 2.60 bits per heavy atom. The van der Waals surface area contributed by atoms with Gasteiger partial charge >= 0.3 is 0 Å². The van der Waals surface area contributed by atoms with Crippen LogP contribution < -0.4 is 20.5 Å². The van der Waals surface area contributed by atoms with Crippen molar-refractivity contribution in [3.05, 3.63) is 52.5 Å². The lowest BCUT2D eigenvalue weighted by atomic mass is 10.1. The van der Waals surface area contributed by atoms with Crippen molar-refractivity contribution >= 4 is 29.1 Å². The van der Waals surface area contributed by atoms with Crippen molar-refractivity contribution < 1.29 is 19.1 Å². The predicted molar refractivity (Wildman–Crippen MR) is 96.5 cm³/mol. The topological polar surface area (TPSA) is 90.6 Å². The molecule has 3 N–H and O–H groups in total. The van der Waals surface area contributed by atoms with Gasteiger partial charge in [-0.15, -0.1) is 0 Å². The maximum atomic E-state index is 12.5. The maximum Gasteiger partial charge on any atom is 0.255 e. The Kier molecular flexibility index (Phi) is 6.25. The number of rotatable bonds is 7. The van der Waals surface area contributed by atoms with Gasteiger partial charge in [0.15, 0.2) is 18.1 Å². The molecular weight excluding hydrogens is 344 g/mol. The van der Waals surface area contributed by atoms with Gasteiger partial charge in [-0.05, 0) is 30.2 Å². The summed E-state index contributed by atoms with van der Waals surface area (Å²) >= 11 is 6.17. The molecule has 0 atom stereocenters. The smallest absolute Gasteiger partial charge is 0.255 e. The lowest BCUT2D eigenvalue weighted by molar-refractivity contribution is -0.119. The summed E-state index contributed by atoms with van der Waals surface area (Å²) in [5.41, 5.74) is 7.12. The van der Waals surface area contributed by atoms with Gasteiger partial charge in [0.2, 0.25) is 0 Å². The number of carbonyl (C=O) groups excluding carboxylic acids is 2. The first-order valence-corrected chi connectivity index (χ1v) is 8.02. The van der Waals surface area contributed by atoms with E-state index in [1.54, 1.807) is 0 Å². The monoisotopic (exact) mass is 362 g/mol. The number of aryl methyl sites for hydroxylation is 1. The zero-order valence-corrected chi connectivity index (χ0v) is 14.7. The highest BCUT2D eigenvalue weighted by Crippen LogP contribution is 2.36. The van der Waals surface area contributed by atoms with Crippen molar-refractivity contribution in [3.8, 4) is 11.5 Å². The molecule has 0 saturated carbocycles. The van der Waals surface area contributed by atoms with Crippen LogP contribution in [0.3, 0.4) is 0 Å². The largest absolute Gasteiger partial charge is 0.493 e. The van der Waals surface area contributed by atoms with Crippen molar-refractivity contribution in [2.24, 2.45) is 5.73 Å². The number of benzene rings is 2. The second-order valence-corrected chi connectivity index (χ2v) is 5.62. The van der Waals surface area contributed by atoms with Crippen molar-refractivity contribution in [1.82, 2.24) is 0 Å². The van der Waals surface area contributed by atoms with Gasteiger partial charge in [0.1, 0.15) is 0 Å². The Morgan fingerprint density at radius 1 is 1.24 bits per heavy atom. The summed E-state index contributed by atoms with van der Waals surface area (Å²) in [6.45, 7) is 1.67. The van der Waals surface area contributed by atoms with E-state index in [9.17, 15) is 9.59 Å². The number of halogens is 1. The van der Waals surface area contributed by atoms with Gasteiger partial charge in [-0.2, -0.15) is 0 Å². The Morgan fingerprint density at radius 2 is 1.96 bits per heavy atom. The van der Waals surface area contributed by atoms with E-state index in [4.69, 9.17) is 26.8 Å². The molecule has 7 heteroatoms. The highest BCUT2D eigenvalue weighted by molar-refractivity contribution is 6.32. The molecule has 0 heterocycles. The predicted octanol–water partition coefficient (Wildman–Crippen LogP) is 3.03. The summed E-state index contributed by atoms with van der Waals surface area (Å²) in [6, 6.07) is 10.5. The van der Waals surface area contributed by atoms with Crippen molar-refractivity contribution in [1.29, 1.82) is 0 Å². The van der Waals surface area contributed by atoms with E-state index in [1.165, 1.54) is 19.2 Å². The minimum absolute atomic E-state index is 0.148. The third-order valence-corrected chi connectivity index (χ3v) is 3.78. The summed E-state index contributed by atoms with van der Waals surface area (Å²) in [5, 5.41) is 3.01. The number of hydrogen-bond acceptors (Lipinski definition) is 4. The van der Waals surface area contributed by atoms with E-state index in [-0.39, 0.29) is 29.0 Å². The number of ether oxygens (including phenoxy) is 2. The second kappa shape index (κ2) is 8.39. The summed E-state index contributed by atoms with van der Waals surface area (Å²) < 4.78 is 10.4. The van der Waals surface area contributed by atoms with Gasteiger partial charge in [-0.1, -0.05) is 36.7 Å². The molecule has 0 aromatic heterocycles. The maximum absolute atomic E-state index is 12.5. The molecule has 0 fully saturated rings. The molecule has 2 aromatic rings. The van der Waals surface area contributed by atoms with Crippen molar-refractivity contribution in [3.63, 3.8) is 0 Å². The lowest BCUT2D eigenvalue weighted by Gasteiger charge is -2.14. The van der Waals surface area contributed by atoms with Crippen LogP contribution in [0.4, 0.5) is 5.69 Å². The fraction of sp³-hybridized carbons (Fsp3) is 0.222. The Hall–Kier alpha value is -2.73. The average molecular weight is 363 g/mol. The Bertz CT molecular complexity index is 793. The molecule has 25 heavy (non-hydrogen) atoms. The lowest BCUT2D eigenvalue weighted by Crippen LogP contribution is -2.20. The first-order valence-electron chi connectivity index (χ1n) is 7.64. The third kappa shape index (κ3) is 4.64. The number of carbonyl (C=O) groups is 2. The molecule has 0 aliphatic rings. The van der Waals surface area contributed by atoms with Crippen LogP contribution in [0.15, 0.2) is 36.4 Å². The van der Waals surface area contributed by atoms with Gasteiger partial charge in [0.05, 0.1) is 12.1 Å². The van der Waals surface area contributed by atoms with Gasteiger partial charge < -0.3 is 20.5 Å². The normalized spacial score (nSPS) is 10.2.